The Morgan fingerprint density at radius 1 is 0.844 bits per heavy atom. The zero-order valence-electron chi connectivity index (χ0n) is 25.5. The maximum Gasteiger partial charge on any atom is 0.220 e. The minimum absolute atomic E-state index is 0.0285. The molecule has 1 atom stereocenters. The molecule has 0 fully saturated rings. The van der Waals surface area contributed by atoms with Gasteiger partial charge in [-0.05, 0) is 65.8 Å². The van der Waals surface area contributed by atoms with Gasteiger partial charge in [0, 0.05) is 55.3 Å². The SMILES string of the molecule is COc1ccc(CCn2c(CCc3ccccc3)nnc2[C@@H](Cc2c[nH]c3ccccc23)NC(=O)CCc2cccnc2)cc1. The van der Waals surface area contributed by atoms with Crippen molar-refractivity contribution in [1.29, 1.82) is 0 Å². The van der Waals surface area contributed by atoms with E-state index in [1.165, 1.54) is 11.1 Å². The van der Waals surface area contributed by atoms with Crippen LogP contribution in [0.5, 0.6) is 5.75 Å². The quantitative estimate of drug-likeness (QED) is 0.155. The van der Waals surface area contributed by atoms with Gasteiger partial charge in [0.25, 0.3) is 0 Å². The van der Waals surface area contributed by atoms with Crippen LogP contribution in [0.4, 0.5) is 0 Å². The van der Waals surface area contributed by atoms with Gasteiger partial charge in [0.1, 0.15) is 11.6 Å². The van der Waals surface area contributed by atoms with E-state index in [0.29, 0.717) is 25.8 Å². The van der Waals surface area contributed by atoms with Crippen molar-refractivity contribution in [2.24, 2.45) is 0 Å². The van der Waals surface area contributed by atoms with Crippen LogP contribution in [-0.2, 0) is 43.4 Å². The Balaban J connectivity index is 1.30. The van der Waals surface area contributed by atoms with E-state index < -0.39 is 0 Å². The summed E-state index contributed by atoms with van der Waals surface area (Å²) in [4.78, 5) is 21.0. The Morgan fingerprint density at radius 3 is 2.42 bits per heavy atom. The molecule has 6 rings (SSSR count). The Labute approximate surface area is 263 Å². The molecule has 1 amide bonds. The zero-order chi connectivity index (χ0) is 30.8. The molecule has 0 spiro atoms. The molecule has 3 heterocycles. The molecule has 0 saturated heterocycles. The lowest BCUT2D eigenvalue weighted by atomic mass is 10.0. The largest absolute Gasteiger partial charge is 0.497 e. The van der Waals surface area contributed by atoms with E-state index >= 15 is 0 Å². The summed E-state index contributed by atoms with van der Waals surface area (Å²) in [6.07, 6.45) is 9.54. The monoisotopic (exact) mass is 598 g/mol. The summed E-state index contributed by atoms with van der Waals surface area (Å²) >= 11 is 0. The number of aryl methyl sites for hydroxylation is 4. The molecule has 8 heteroatoms. The Morgan fingerprint density at radius 2 is 1.62 bits per heavy atom. The first-order valence-corrected chi connectivity index (χ1v) is 15.5. The zero-order valence-corrected chi connectivity index (χ0v) is 25.5. The number of hydrogen-bond acceptors (Lipinski definition) is 5. The molecule has 45 heavy (non-hydrogen) atoms. The van der Waals surface area contributed by atoms with E-state index in [-0.39, 0.29) is 11.9 Å². The summed E-state index contributed by atoms with van der Waals surface area (Å²) in [5.74, 6) is 2.49. The predicted octanol–water partition coefficient (Wildman–Crippen LogP) is 6.22. The van der Waals surface area contributed by atoms with Gasteiger partial charge in [-0.25, -0.2) is 0 Å². The van der Waals surface area contributed by atoms with Gasteiger partial charge in [0.15, 0.2) is 5.82 Å². The molecule has 0 aliphatic carbocycles. The molecule has 8 nitrogen and oxygen atoms in total. The van der Waals surface area contributed by atoms with Crippen LogP contribution in [0, 0.1) is 0 Å². The van der Waals surface area contributed by atoms with Crippen molar-refractivity contribution in [3.8, 4) is 5.75 Å². The normalized spacial score (nSPS) is 11.8. The van der Waals surface area contributed by atoms with Gasteiger partial charge in [0.2, 0.25) is 5.91 Å². The summed E-state index contributed by atoms with van der Waals surface area (Å²) in [5, 5.41) is 13.9. The van der Waals surface area contributed by atoms with Crippen molar-refractivity contribution in [3.63, 3.8) is 0 Å². The van der Waals surface area contributed by atoms with Gasteiger partial charge in [-0.15, -0.1) is 10.2 Å². The van der Waals surface area contributed by atoms with E-state index in [2.05, 4.69) is 68.4 Å². The first kappa shape index (κ1) is 29.8. The number of benzene rings is 3. The number of pyridine rings is 1. The molecule has 0 saturated carbocycles. The lowest BCUT2D eigenvalue weighted by Crippen LogP contribution is -2.32. The Kier molecular flexibility index (Phi) is 9.60. The highest BCUT2D eigenvalue weighted by molar-refractivity contribution is 5.83. The predicted molar refractivity (Wildman–Crippen MR) is 176 cm³/mol. The highest BCUT2D eigenvalue weighted by Crippen LogP contribution is 2.26. The number of para-hydroxylation sites is 1. The molecule has 0 aliphatic rings. The van der Waals surface area contributed by atoms with Crippen LogP contribution in [-0.4, -0.2) is 37.7 Å². The van der Waals surface area contributed by atoms with Crippen molar-refractivity contribution in [3.05, 3.63) is 143 Å². The second-order valence-electron chi connectivity index (χ2n) is 11.3. The number of ether oxygens (including phenoxy) is 1. The second-order valence-corrected chi connectivity index (χ2v) is 11.3. The van der Waals surface area contributed by atoms with Crippen molar-refractivity contribution >= 4 is 16.8 Å². The van der Waals surface area contributed by atoms with E-state index in [4.69, 9.17) is 14.9 Å². The number of hydrogen-bond donors (Lipinski definition) is 2. The third-order valence-electron chi connectivity index (χ3n) is 8.23. The Hall–Kier alpha value is -5.24. The summed E-state index contributed by atoms with van der Waals surface area (Å²) < 4.78 is 7.57. The summed E-state index contributed by atoms with van der Waals surface area (Å²) in [5.41, 5.74) is 5.67. The third kappa shape index (κ3) is 7.65. The lowest BCUT2D eigenvalue weighted by molar-refractivity contribution is -0.121. The number of carbonyl (C=O) groups excluding carboxylic acids is 1. The van der Waals surface area contributed by atoms with Crippen LogP contribution >= 0.6 is 0 Å². The lowest BCUT2D eigenvalue weighted by Gasteiger charge is -2.20. The smallest absolute Gasteiger partial charge is 0.220 e. The molecule has 0 unspecified atom stereocenters. The van der Waals surface area contributed by atoms with E-state index in [9.17, 15) is 4.79 Å². The van der Waals surface area contributed by atoms with Crippen LogP contribution in [0.15, 0.2) is 110 Å². The third-order valence-corrected chi connectivity index (χ3v) is 8.23. The fraction of sp³-hybridized carbons (Fsp3) is 0.243. The number of aromatic nitrogens is 5. The fourth-order valence-electron chi connectivity index (χ4n) is 5.77. The molecule has 2 N–H and O–H groups in total. The maximum atomic E-state index is 13.5. The van der Waals surface area contributed by atoms with Crippen molar-refractivity contribution < 1.29 is 9.53 Å². The molecule has 0 aliphatic heterocycles. The molecule has 3 aromatic carbocycles. The average molecular weight is 599 g/mol. The number of aromatic amines is 1. The molecule has 0 radical (unpaired) electrons. The van der Waals surface area contributed by atoms with E-state index in [1.54, 1.807) is 13.3 Å². The maximum absolute atomic E-state index is 13.5. The molecule has 6 aromatic rings. The first-order valence-electron chi connectivity index (χ1n) is 15.5. The van der Waals surface area contributed by atoms with Crippen molar-refractivity contribution in [2.75, 3.05) is 7.11 Å². The number of H-pyrrole nitrogens is 1. The highest BCUT2D eigenvalue weighted by Gasteiger charge is 2.25. The van der Waals surface area contributed by atoms with Gasteiger partial charge in [0.05, 0.1) is 13.2 Å². The average Bonchev–Trinajstić information content (AvgIpc) is 3.70. The molecule has 0 bridgehead atoms. The van der Waals surface area contributed by atoms with Gasteiger partial charge >= 0.3 is 0 Å². The van der Waals surface area contributed by atoms with Gasteiger partial charge in [-0.2, -0.15) is 0 Å². The number of fused-ring (bicyclic) bond motifs is 1. The van der Waals surface area contributed by atoms with Gasteiger partial charge in [-0.3, -0.25) is 9.78 Å². The van der Waals surface area contributed by atoms with Crippen LogP contribution in [0.3, 0.4) is 0 Å². The minimum Gasteiger partial charge on any atom is -0.497 e. The van der Waals surface area contributed by atoms with Crippen molar-refractivity contribution in [2.45, 2.75) is 51.1 Å². The minimum atomic E-state index is -0.362. The van der Waals surface area contributed by atoms with Crippen LogP contribution in [0.1, 0.15) is 46.4 Å². The number of nitrogens with one attached hydrogen (secondary N) is 2. The van der Waals surface area contributed by atoms with E-state index in [0.717, 1.165) is 58.7 Å². The number of amides is 1. The fourth-order valence-corrected chi connectivity index (χ4v) is 5.77. The second kappa shape index (κ2) is 14.5. The van der Waals surface area contributed by atoms with E-state index in [1.807, 2.05) is 54.9 Å². The summed E-state index contributed by atoms with van der Waals surface area (Å²) in [6, 6.07) is 30.4. The molecular formula is C37H38N6O2. The topological polar surface area (TPSA) is 97.7 Å². The van der Waals surface area contributed by atoms with Crippen LogP contribution < -0.4 is 10.1 Å². The highest BCUT2D eigenvalue weighted by atomic mass is 16.5. The van der Waals surface area contributed by atoms with Crippen LogP contribution in [0.2, 0.25) is 0 Å². The molecule has 3 aromatic heterocycles. The number of methoxy groups -OCH3 is 1. The van der Waals surface area contributed by atoms with Crippen molar-refractivity contribution in [1.82, 2.24) is 30.0 Å². The molecular weight excluding hydrogens is 560 g/mol. The number of carbonyl (C=O) groups is 1. The Bertz CT molecular complexity index is 1810. The summed E-state index contributed by atoms with van der Waals surface area (Å²) in [7, 11) is 1.68. The van der Waals surface area contributed by atoms with Gasteiger partial charge < -0.3 is 19.6 Å². The number of nitrogens with zero attached hydrogens (tertiary/aromatic N) is 4. The van der Waals surface area contributed by atoms with Gasteiger partial charge in [-0.1, -0.05) is 66.7 Å². The molecule has 228 valence electrons. The van der Waals surface area contributed by atoms with Crippen LogP contribution in [0.25, 0.3) is 10.9 Å². The summed E-state index contributed by atoms with van der Waals surface area (Å²) in [6.45, 7) is 0.689. The number of rotatable bonds is 14. The first-order chi connectivity index (χ1) is 22.2. The standard InChI is InChI=1S/C37H38N6O2/c1-45-31-17-13-28(14-18-31)21-23-43-35(19-15-27-8-3-2-4-9-27)41-42-37(43)34(24-30-26-39-33-12-6-5-11-32(30)33)40-36(44)20-16-29-10-7-22-38-25-29/h2-14,17-18,22,25-26,34,39H,15-16,19-21,23-24H2,1H3,(H,40,44)/t34-/m1/s1.